The number of aromatic nitrogens is 1. The van der Waals surface area contributed by atoms with Crippen molar-refractivity contribution in [3.8, 4) is 0 Å². The van der Waals surface area contributed by atoms with E-state index < -0.39 is 12.0 Å². The summed E-state index contributed by atoms with van der Waals surface area (Å²) in [4.78, 5) is 13.5. The minimum Gasteiger partial charge on any atom is -0.321 e. The number of rotatable bonds is 3. The predicted octanol–water partition coefficient (Wildman–Crippen LogP) is 0.289. The van der Waals surface area contributed by atoms with E-state index in [0.717, 1.165) is 0 Å². The maximum atomic E-state index is 12.5. The van der Waals surface area contributed by atoms with Crippen LogP contribution in [-0.2, 0) is 11.2 Å². The molecule has 0 saturated carbocycles. The molecule has 1 rings (SSSR count). The first kappa shape index (κ1) is 8.80. The molecular weight excluding hydrogens is 159 g/mol. The Morgan fingerprint density at radius 2 is 2.50 bits per heavy atom. The summed E-state index contributed by atoms with van der Waals surface area (Å²) in [7, 11) is 0. The van der Waals surface area contributed by atoms with Crippen LogP contribution < -0.4 is 5.73 Å². The number of aldehydes is 1. The van der Waals surface area contributed by atoms with Gasteiger partial charge in [0.05, 0.1) is 6.04 Å². The summed E-state index contributed by atoms with van der Waals surface area (Å²) in [5.41, 5.74) is 6.03. The molecule has 4 heteroatoms. The van der Waals surface area contributed by atoms with Crippen molar-refractivity contribution in [3.05, 3.63) is 29.8 Å². The van der Waals surface area contributed by atoms with E-state index in [1.165, 1.54) is 12.3 Å². The van der Waals surface area contributed by atoms with Crippen LogP contribution in [0.15, 0.2) is 18.3 Å². The van der Waals surface area contributed by atoms with Gasteiger partial charge in [0.25, 0.3) is 0 Å². The Balaban J connectivity index is 2.69. The normalized spacial score (nSPS) is 12.5. The summed E-state index contributed by atoms with van der Waals surface area (Å²) < 4.78 is 12.5. The maximum Gasteiger partial charge on any atom is 0.213 e. The molecule has 1 aromatic rings. The molecule has 0 aliphatic carbocycles. The molecule has 2 N–H and O–H groups in total. The number of hydrogen-bond donors (Lipinski definition) is 1. The van der Waals surface area contributed by atoms with Crippen molar-refractivity contribution >= 4 is 6.29 Å². The smallest absolute Gasteiger partial charge is 0.213 e. The Hall–Kier alpha value is -1.29. The number of carbonyl (C=O) groups is 1. The van der Waals surface area contributed by atoms with Crippen LogP contribution in [0.4, 0.5) is 4.39 Å². The van der Waals surface area contributed by atoms with Gasteiger partial charge in [0, 0.05) is 6.20 Å². The van der Waals surface area contributed by atoms with Gasteiger partial charge in [0.15, 0.2) is 0 Å². The number of nitrogens with two attached hydrogens (primary N) is 1. The summed E-state index contributed by atoms with van der Waals surface area (Å²) in [6, 6.07) is 2.34. The van der Waals surface area contributed by atoms with Crippen LogP contribution in [0.25, 0.3) is 0 Å². The lowest BCUT2D eigenvalue weighted by Gasteiger charge is -2.02. The molecule has 0 spiro atoms. The first-order chi connectivity index (χ1) is 5.72. The van der Waals surface area contributed by atoms with Gasteiger partial charge in [-0.15, -0.1) is 0 Å². The minimum absolute atomic E-state index is 0.350. The highest BCUT2D eigenvalue weighted by Gasteiger charge is 2.02. The van der Waals surface area contributed by atoms with Crippen molar-refractivity contribution < 1.29 is 9.18 Å². The summed E-state index contributed by atoms with van der Waals surface area (Å²) in [6.07, 6.45) is 2.34. The molecule has 0 aliphatic heterocycles. The molecule has 1 atom stereocenters. The van der Waals surface area contributed by atoms with Crippen LogP contribution in [0.3, 0.4) is 0 Å². The molecule has 0 aromatic carbocycles. The van der Waals surface area contributed by atoms with Crippen LogP contribution in [0.5, 0.6) is 0 Å². The second-order valence-electron chi connectivity index (χ2n) is 2.49. The maximum absolute atomic E-state index is 12.5. The Morgan fingerprint density at radius 3 is 3.08 bits per heavy atom. The average Bonchev–Trinajstić information content (AvgIpc) is 2.04. The van der Waals surface area contributed by atoms with Crippen LogP contribution in [0.1, 0.15) is 5.56 Å². The molecule has 0 bridgehead atoms. The SMILES string of the molecule is NC(C=O)Cc1ccnc(F)c1. The summed E-state index contributed by atoms with van der Waals surface area (Å²) in [5, 5.41) is 0. The number of pyridine rings is 1. The third-order valence-electron chi connectivity index (χ3n) is 1.44. The van der Waals surface area contributed by atoms with Gasteiger partial charge in [-0.1, -0.05) is 0 Å². The van der Waals surface area contributed by atoms with Gasteiger partial charge in [-0.2, -0.15) is 4.39 Å². The summed E-state index contributed by atoms with van der Waals surface area (Å²) >= 11 is 0. The number of carbonyl (C=O) groups excluding carboxylic acids is 1. The number of hydrogen-bond acceptors (Lipinski definition) is 3. The standard InChI is InChI=1S/C8H9FN2O/c9-8-4-6(1-2-11-8)3-7(10)5-12/h1-2,4-5,7H,3,10H2. The Bertz CT molecular complexity index is 278. The molecule has 0 radical (unpaired) electrons. The van der Waals surface area contributed by atoms with E-state index in [0.29, 0.717) is 18.3 Å². The van der Waals surface area contributed by atoms with Crippen molar-refractivity contribution in [1.82, 2.24) is 4.98 Å². The first-order valence-corrected chi connectivity index (χ1v) is 3.53. The highest BCUT2D eigenvalue weighted by molar-refractivity contribution is 5.57. The fourth-order valence-electron chi connectivity index (χ4n) is 0.890. The van der Waals surface area contributed by atoms with Gasteiger partial charge >= 0.3 is 0 Å². The first-order valence-electron chi connectivity index (χ1n) is 3.53. The topological polar surface area (TPSA) is 56.0 Å². The quantitative estimate of drug-likeness (QED) is 0.521. The molecule has 1 unspecified atom stereocenters. The van der Waals surface area contributed by atoms with E-state index in [2.05, 4.69) is 4.98 Å². The zero-order valence-electron chi connectivity index (χ0n) is 6.40. The van der Waals surface area contributed by atoms with Gasteiger partial charge in [-0.3, -0.25) is 0 Å². The van der Waals surface area contributed by atoms with Crippen LogP contribution in [-0.4, -0.2) is 17.3 Å². The van der Waals surface area contributed by atoms with Gasteiger partial charge in [0.2, 0.25) is 5.95 Å². The molecule has 12 heavy (non-hydrogen) atoms. The molecule has 1 aromatic heterocycles. The highest BCUT2D eigenvalue weighted by atomic mass is 19.1. The van der Waals surface area contributed by atoms with Gasteiger partial charge in [-0.05, 0) is 24.1 Å². The second kappa shape index (κ2) is 3.92. The molecular formula is C8H9FN2O. The van der Waals surface area contributed by atoms with E-state index in [1.807, 2.05) is 0 Å². The third-order valence-corrected chi connectivity index (χ3v) is 1.44. The molecule has 1 heterocycles. The van der Waals surface area contributed by atoms with E-state index in [1.54, 1.807) is 6.07 Å². The zero-order chi connectivity index (χ0) is 8.97. The van der Waals surface area contributed by atoms with Crippen LogP contribution in [0.2, 0.25) is 0 Å². The fraction of sp³-hybridized carbons (Fsp3) is 0.250. The molecule has 64 valence electrons. The lowest BCUT2D eigenvalue weighted by molar-refractivity contribution is -0.108. The van der Waals surface area contributed by atoms with Gasteiger partial charge in [-0.25, -0.2) is 4.98 Å². The Morgan fingerprint density at radius 1 is 1.75 bits per heavy atom. The minimum atomic E-state index is -0.563. The Kier molecular flexibility index (Phi) is 2.88. The van der Waals surface area contributed by atoms with Crippen LogP contribution in [0, 0.1) is 5.95 Å². The summed E-state index contributed by atoms with van der Waals surface area (Å²) in [6.45, 7) is 0. The Labute approximate surface area is 69.4 Å². The number of nitrogens with zero attached hydrogens (tertiary/aromatic N) is 1. The predicted molar refractivity (Wildman–Crippen MR) is 41.9 cm³/mol. The zero-order valence-corrected chi connectivity index (χ0v) is 6.40. The summed E-state index contributed by atoms with van der Waals surface area (Å²) in [5.74, 6) is -0.550. The van der Waals surface area contributed by atoms with Crippen molar-refractivity contribution in [2.75, 3.05) is 0 Å². The monoisotopic (exact) mass is 168 g/mol. The van der Waals surface area contributed by atoms with Crippen molar-refractivity contribution in [3.63, 3.8) is 0 Å². The van der Waals surface area contributed by atoms with E-state index in [4.69, 9.17) is 5.73 Å². The lowest BCUT2D eigenvalue weighted by Crippen LogP contribution is -2.24. The molecule has 0 amide bonds. The lowest BCUT2D eigenvalue weighted by atomic mass is 10.1. The average molecular weight is 168 g/mol. The molecule has 3 nitrogen and oxygen atoms in total. The van der Waals surface area contributed by atoms with Crippen molar-refractivity contribution in [2.24, 2.45) is 5.73 Å². The van der Waals surface area contributed by atoms with Crippen LogP contribution >= 0.6 is 0 Å². The number of halogens is 1. The van der Waals surface area contributed by atoms with Gasteiger partial charge < -0.3 is 10.5 Å². The van der Waals surface area contributed by atoms with Crippen molar-refractivity contribution in [2.45, 2.75) is 12.5 Å². The second-order valence-corrected chi connectivity index (χ2v) is 2.49. The molecule has 0 fully saturated rings. The van der Waals surface area contributed by atoms with E-state index in [9.17, 15) is 9.18 Å². The fourth-order valence-corrected chi connectivity index (χ4v) is 0.890. The van der Waals surface area contributed by atoms with Gasteiger partial charge in [0.1, 0.15) is 6.29 Å². The molecule has 0 saturated heterocycles. The highest BCUT2D eigenvalue weighted by Crippen LogP contribution is 2.01. The van der Waals surface area contributed by atoms with E-state index >= 15 is 0 Å². The molecule has 0 aliphatic rings. The third kappa shape index (κ3) is 2.39. The van der Waals surface area contributed by atoms with E-state index in [-0.39, 0.29) is 0 Å². The largest absolute Gasteiger partial charge is 0.321 e. The van der Waals surface area contributed by atoms with Crippen molar-refractivity contribution in [1.29, 1.82) is 0 Å².